The summed E-state index contributed by atoms with van der Waals surface area (Å²) in [5.41, 5.74) is 0. The number of rotatable bonds is 10. The van der Waals surface area contributed by atoms with Crippen LogP contribution in [0.15, 0.2) is 0 Å². The van der Waals surface area contributed by atoms with Crippen LogP contribution < -0.4 is 0 Å². The Morgan fingerprint density at radius 2 is 1.69 bits per heavy atom. The van der Waals surface area contributed by atoms with Crippen LogP contribution in [-0.2, 0) is 9.53 Å². The van der Waals surface area contributed by atoms with Crippen molar-refractivity contribution in [2.24, 2.45) is 5.92 Å². The molecule has 0 fully saturated rings. The SMILES string of the molecule is CCC(C)C(=O)OCCCCCCCCCl. The van der Waals surface area contributed by atoms with Crippen molar-refractivity contribution in [1.82, 2.24) is 0 Å². The molecule has 0 aromatic carbocycles. The van der Waals surface area contributed by atoms with Gasteiger partial charge in [-0.2, -0.15) is 0 Å². The molecule has 1 atom stereocenters. The monoisotopic (exact) mass is 248 g/mol. The van der Waals surface area contributed by atoms with Crippen LogP contribution in [0.5, 0.6) is 0 Å². The predicted octanol–water partition coefficient (Wildman–Crippen LogP) is 4.16. The Morgan fingerprint density at radius 1 is 1.12 bits per heavy atom. The molecule has 0 saturated carbocycles. The third kappa shape index (κ3) is 9.02. The van der Waals surface area contributed by atoms with E-state index < -0.39 is 0 Å². The number of halogens is 1. The largest absolute Gasteiger partial charge is 0.465 e. The van der Waals surface area contributed by atoms with Gasteiger partial charge < -0.3 is 4.74 Å². The molecule has 0 heterocycles. The van der Waals surface area contributed by atoms with E-state index in [0.29, 0.717) is 6.61 Å². The fourth-order valence-electron chi connectivity index (χ4n) is 1.39. The molecule has 16 heavy (non-hydrogen) atoms. The summed E-state index contributed by atoms with van der Waals surface area (Å²) in [6.45, 7) is 4.50. The van der Waals surface area contributed by atoms with Gasteiger partial charge in [0.15, 0.2) is 0 Å². The number of hydrogen-bond donors (Lipinski definition) is 0. The standard InChI is InChI=1S/C13H25ClO2/c1-3-12(2)13(15)16-11-9-7-5-4-6-8-10-14/h12H,3-11H2,1-2H3. The van der Waals surface area contributed by atoms with E-state index in [2.05, 4.69) is 0 Å². The van der Waals surface area contributed by atoms with E-state index in [0.717, 1.165) is 31.6 Å². The summed E-state index contributed by atoms with van der Waals surface area (Å²) in [6.07, 6.45) is 7.79. The van der Waals surface area contributed by atoms with Gasteiger partial charge in [-0.15, -0.1) is 11.6 Å². The topological polar surface area (TPSA) is 26.3 Å². The van der Waals surface area contributed by atoms with Crippen LogP contribution in [0.1, 0.15) is 58.8 Å². The highest BCUT2D eigenvalue weighted by atomic mass is 35.5. The van der Waals surface area contributed by atoms with Crippen molar-refractivity contribution in [3.05, 3.63) is 0 Å². The second kappa shape index (κ2) is 11.3. The van der Waals surface area contributed by atoms with Crippen LogP contribution in [0, 0.1) is 5.92 Å². The van der Waals surface area contributed by atoms with Gasteiger partial charge in [0, 0.05) is 5.88 Å². The summed E-state index contributed by atoms with van der Waals surface area (Å²) in [7, 11) is 0. The fourth-order valence-corrected chi connectivity index (χ4v) is 1.57. The van der Waals surface area contributed by atoms with Gasteiger partial charge in [0.25, 0.3) is 0 Å². The van der Waals surface area contributed by atoms with Gasteiger partial charge in [-0.1, -0.05) is 39.5 Å². The minimum Gasteiger partial charge on any atom is -0.465 e. The van der Waals surface area contributed by atoms with E-state index in [9.17, 15) is 4.79 Å². The van der Waals surface area contributed by atoms with Gasteiger partial charge in [0.05, 0.1) is 12.5 Å². The molecule has 3 heteroatoms. The van der Waals surface area contributed by atoms with Gasteiger partial charge in [-0.05, 0) is 19.3 Å². The summed E-state index contributed by atoms with van der Waals surface area (Å²) in [4.78, 5) is 11.3. The van der Waals surface area contributed by atoms with Crippen LogP contribution >= 0.6 is 11.6 Å². The van der Waals surface area contributed by atoms with E-state index in [1.807, 2.05) is 13.8 Å². The molecule has 0 rings (SSSR count). The van der Waals surface area contributed by atoms with Gasteiger partial charge >= 0.3 is 5.97 Å². The Labute approximate surface area is 105 Å². The normalized spacial score (nSPS) is 12.4. The molecular weight excluding hydrogens is 224 g/mol. The first-order valence-electron chi connectivity index (χ1n) is 6.45. The molecule has 0 radical (unpaired) electrons. The fraction of sp³-hybridized carbons (Fsp3) is 0.923. The van der Waals surface area contributed by atoms with Gasteiger partial charge in [-0.25, -0.2) is 0 Å². The summed E-state index contributed by atoms with van der Waals surface area (Å²) >= 11 is 5.58. The van der Waals surface area contributed by atoms with Gasteiger partial charge in [-0.3, -0.25) is 4.79 Å². The Bertz CT molecular complexity index is 171. The highest BCUT2D eigenvalue weighted by Crippen LogP contribution is 2.07. The number of unbranched alkanes of at least 4 members (excludes halogenated alkanes) is 5. The van der Waals surface area contributed by atoms with Crippen LogP contribution in [0.4, 0.5) is 0 Å². The maximum absolute atomic E-state index is 11.3. The Hall–Kier alpha value is -0.240. The summed E-state index contributed by atoms with van der Waals surface area (Å²) < 4.78 is 5.16. The van der Waals surface area contributed by atoms with E-state index in [4.69, 9.17) is 16.3 Å². The lowest BCUT2D eigenvalue weighted by Gasteiger charge is -2.08. The number of hydrogen-bond acceptors (Lipinski definition) is 2. The Morgan fingerprint density at radius 3 is 2.25 bits per heavy atom. The molecule has 0 amide bonds. The molecule has 0 bridgehead atoms. The molecule has 0 aliphatic heterocycles. The lowest BCUT2D eigenvalue weighted by Crippen LogP contribution is -2.14. The van der Waals surface area contributed by atoms with Crippen molar-refractivity contribution in [2.75, 3.05) is 12.5 Å². The lowest BCUT2D eigenvalue weighted by atomic mass is 10.1. The summed E-state index contributed by atoms with van der Waals surface area (Å²) in [5, 5.41) is 0. The van der Waals surface area contributed by atoms with Crippen LogP contribution in [0.25, 0.3) is 0 Å². The molecule has 0 aromatic rings. The van der Waals surface area contributed by atoms with E-state index in [-0.39, 0.29) is 11.9 Å². The van der Waals surface area contributed by atoms with Gasteiger partial charge in [0.2, 0.25) is 0 Å². The average Bonchev–Trinajstić information content (AvgIpc) is 2.31. The number of alkyl halides is 1. The van der Waals surface area contributed by atoms with Crippen molar-refractivity contribution in [3.63, 3.8) is 0 Å². The first-order valence-corrected chi connectivity index (χ1v) is 6.98. The zero-order chi connectivity index (χ0) is 12.2. The van der Waals surface area contributed by atoms with Crippen molar-refractivity contribution in [2.45, 2.75) is 58.8 Å². The number of esters is 1. The first kappa shape index (κ1) is 15.8. The van der Waals surface area contributed by atoms with E-state index in [1.54, 1.807) is 0 Å². The summed E-state index contributed by atoms with van der Waals surface area (Å²) in [6, 6.07) is 0. The molecule has 0 aliphatic rings. The maximum atomic E-state index is 11.3. The molecule has 0 N–H and O–H groups in total. The number of ether oxygens (including phenoxy) is 1. The third-order valence-electron chi connectivity index (χ3n) is 2.79. The van der Waals surface area contributed by atoms with Crippen molar-refractivity contribution >= 4 is 17.6 Å². The molecular formula is C13H25ClO2. The minimum atomic E-state index is -0.0513. The molecule has 2 nitrogen and oxygen atoms in total. The Kier molecular flexibility index (Phi) is 11.1. The van der Waals surface area contributed by atoms with Crippen molar-refractivity contribution in [3.8, 4) is 0 Å². The molecule has 0 aliphatic carbocycles. The molecule has 96 valence electrons. The zero-order valence-corrected chi connectivity index (χ0v) is 11.4. The molecule has 0 spiro atoms. The summed E-state index contributed by atoms with van der Waals surface area (Å²) in [5.74, 6) is 0.764. The minimum absolute atomic E-state index is 0.0451. The van der Waals surface area contributed by atoms with Gasteiger partial charge in [0.1, 0.15) is 0 Å². The lowest BCUT2D eigenvalue weighted by molar-refractivity contribution is -0.148. The smallest absolute Gasteiger partial charge is 0.308 e. The maximum Gasteiger partial charge on any atom is 0.308 e. The molecule has 0 saturated heterocycles. The highest BCUT2D eigenvalue weighted by molar-refractivity contribution is 6.17. The first-order chi connectivity index (χ1) is 7.72. The molecule has 0 aromatic heterocycles. The van der Waals surface area contributed by atoms with Crippen molar-refractivity contribution < 1.29 is 9.53 Å². The zero-order valence-electron chi connectivity index (χ0n) is 10.6. The number of carbonyl (C=O) groups is 1. The van der Waals surface area contributed by atoms with Crippen molar-refractivity contribution in [1.29, 1.82) is 0 Å². The van der Waals surface area contributed by atoms with Crippen LogP contribution in [0.2, 0.25) is 0 Å². The Balaban J connectivity index is 3.18. The third-order valence-corrected chi connectivity index (χ3v) is 3.05. The van der Waals surface area contributed by atoms with E-state index >= 15 is 0 Å². The van der Waals surface area contributed by atoms with Crippen LogP contribution in [0.3, 0.4) is 0 Å². The number of carbonyl (C=O) groups excluding carboxylic acids is 1. The quantitative estimate of drug-likeness (QED) is 0.330. The average molecular weight is 249 g/mol. The second-order valence-corrected chi connectivity index (χ2v) is 4.67. The highest BCUT2D eigenvalue weighted by Gasteiger charge is 2.10. The second-order valence-electron chi connectivity index (χ2n) is 4.29. The predicted molar refractivity (Wildman–Crippen MR) is 68.8 cm³/mol. The van der Waals surface area contributed by atoms with Crippen LogP contribution in [-0.4, -0.2) is 18.5 Å². The molecule has 1 unspecified atom stereocenters. The van der Waals surface area contributed by atoms with E-state index in [1.165, 1.54) is 19.3 Å².